The van der Waals surface area contributed by atoms with Crippen LogP contribution in [0.1, 0.15) is 36.9 Å². The first-order chi connectivity index (χ1) is 7.00. The van der Waals surface area contributed by atoms with Gasteiger partial charge >= 0.3 is 0 Å². The Balaban J connectivity index is 2.75. The number of rotatable bonds is 4. The van der Waals surface area contributed by atoms with Crippen molar-refractivity contribution in [2.24, 2.45) is 5.73 Å². The Morgan fingerprint density at radius 3 is 2.07 bits per heavy atom. The average molecular weight is 225 g/mol. The molecular weight excluding hydrogens is 206 g/mol. The van der Waals surface area contributed by atoms with Gasteiger partial charge in [0.05, 0.1) is 0 Å². The second-order valence-corrected chi connectivity index (χ2v) is 5.65. The second-order valence-electron chi connectivity index (χ2n) is 4.17. The number of hydrogen-bond acceptors (Lipinski definition) is 2. The van der Waals surface area contributed by atoms with E-state index in [0.29, 0.717) is 11.7 Å². The molecular formula is C12H19NOS. The van der Waals surface area contributed by atoms with Crippen molar-refractivity contribution in [2.45, 2.75) is 25.8 Å². The van der Waals surface area contributed by atoms with Crippen LogP contribution in [0.15, 0.2) is 24.3 Å². The standard InChI is InChI=1S/C12H19NOS/c1-9(2)10-4-6-11(7-5-10)12(13)8-15(3)14/h4-7,9,12H,8,13H2,1-3H3. The van der Waals surface area contributed by atoms with E-state index < -0.39 is 10.8 Å². The summed E-state index contributed by atoms with van der Waals surface area (Å²) < 4.78 is 11.0. The predicted molar refractivity (Wildman–Crippen MR) is 66.4 cm³/mol. The summed E-state index contributed by atoms with van der Waals surface area (Å²) >= 11 is 0. The fraction of sp³-hybridized carbons (Fsp3) is 0.500. The van der Waals surface area contributed by atoms with Gasteiger partial charge in [0.2, 0.25) is 0 Å². The lowest BCUT2D eigenvalue weighted by molar-refractivity contribution is 0.679. The molecule has 3 heteroatoms. The third-order valence-corrected chi connectivity index (χ3v) is 3.27. The van der Waals surface area contributed by atoms with Crippen LogP contribution < -0.4 is 5.73 Å². The van der Waals surface area contributed by atoms with Crippen LogP contribution in [0.25, 0.3) is 0 Å². The first-order valence-corrected chi connectivity index (χ1v) is 6.89. The maximum atomic E-state index is 11.0. The molecule has 1 rings (SSSR count). The minimum Gasteiger partial charge on any atom is -0.323 e. The van der Waals surface area contributed by atoms with Crippen molar-refractivity contribution in [3.05, 3.63) is 35.4 Å². The SMILES string of the molecule is CC(C)c1ccc(C(N)CS(C)=O)cc1. The van der Waals surface area contributed by atoms with Gasteiger partial charge in [-0.05, 0) is 17.0 Å². The van der Waals surface area contributed by atoms with Gasteiger partial charge in [-0.25, -0.2) is 0 Å². The molecule has 1 aromatic rings. The number of benzene rings is 1. The molecule has 0 fully saturated rings. The van der Waals surface area contributed by atoms with Gasteiger partial charge in [0.15, 0.2) is 0 Å². The van der Waals surface area contributed by atoms with Crippen LogP contribution in [0.4, 0.5) is 0 Å². The molecule has 0 aliphatic heterocycles. The van der Waals surface area contributed by atoms with E-state index in [0.717, 1.165) is 5.56 Å². The molecule has 0 aliphatic rings. The third kappa shape index (κ3) is 3.76. The van der Waals surface area contributed by atoms with Crippen LogP contribution in [-0.2, 0) is 10.8 Å². The lowest BCUT2D eigenvalue weighted by atomic mass is 10.00. The van der Waals surface area contributed by atoms with Gasteiger partial charge in [-0.2, -0.15) is 0 Å². The quantitative estimate of drug-likeness (QED) is 0.853. The summed E-state index contributed by atoms with van der Waals surface area (Å²) in [5, 5.41) is 0. The summed E-state index contributed by atoms with van der Waals surface area (Å²) in [5.41, 5.74) is 8.30. The van der Waals surface area contributed by atoms with Gasteiger partial charge in [-0.1, -0.05) is 38.1 Å². The second kappa shape index (κ2) is 5.42. The van der Waals surface area contributed by atoms with Crippen LogP contribution in [0, 0.1) is 0 Å². The average Bonchev–Trinajstić information content (AvgIpc) is 2.17. The summed E-state index contributed by atoms with van der Waals surface area (Å²) in [6.45, 7) is 4.33. The van der Waals surface area contributed by atoms with Crippen LogP contribution in [0.3, 0.4) is 0 Å². The van der Waals surface area contributed by atoms with Crippen LogP contribution >= 0.6 is 0 Å². The van der Waals surface area contributed by atoms with Crippen molar-refractivity contribution in [3.63, 3.8) is 0 Å². The molecule has 0 saturated heterocycles. The fourth-order valence-electron chi connectivity index (χ4n) is 1.48. The van der Waals surface area contributed by atoms with Gasteiger partial charge < -0.3 is 5.73 Å². The van der Waals surface area contributed by atoms with E-state index in [4.69, 9.17) is 5.73 Å². The summed E-state index contributed by atoms with van der Waals surface area (Å²) in [6, 6.07) is 8.15. The Morgan fingerprint density at radius 1 is 1.20 bits per heavy atom. The maximum absolute atomic E-state index is 11.0. The predicted octanol–water partition coefficient (Wildman–Crippen LogP) is 2.19. The molecule has 0 aromatic heterocycles. The lowest BCUT2D eigenvalue weighted by Crippen LogP contribution is -2.17. The molecule has 0 aliphatic carbocycles. The van der Waals surface area contributed by atoms with E-state index in [9.17, 15) is 4.21 Å². The van der Waals surface area contributed by atoms with Crippen LogP contribution in [0.5, 0.6) is 0 Å². The Hall–Kier alpha value is -0.670. The van der Waals surface area contributed by atoms with E-state index in [1.165, 1.54) is 5.56 Å². The Labute approximate surface area is 94.3 Å². The van der Waals surface area contributed by atoms with Crippen molar-refractivity contribution >= 4 is 10.8 Å². The molecule has 0 bridgehead atoms. The molecule has 2 N–H and O–H groups in total. The fourth-order valence-corrected chi connectivity index (χ4v) is 2.18. The minimum absolute atomic E-state index is 0.114. The maximum Gasteiger partial charge on any atom is 0.0425 e. The molecule has 0 saturated carbocycles. The zero-order chi connectivity index (χ0) is 11.4. The van der Waals surface area contributed by atoms with Crippen molar-refractivity contribution in [1.29, 1.82) is 0 Å². The van der Waals surface area contributed by atoms with Crippen molar-refractivity contribution in [3.8, 4) is 0 Å². The first kappa shape index (κ1) is 12.4. The monoisotopic (exact) mass is 225 g/mol. The Kier molecular flexibility index (Phi) is 4.48. The van der Waals surface area contributed by atoms with Crippen molar-refractivity contribution in [2.75, 3.05) is 12.0 Å². The van der Waals surface area contributed by atoms with Gasteiger partial charge in [-0.15, -0.1) is 0 Å². The molecule has 2 atom stereocenters. The highest BCUT2D eigenvalue weighted by Gasteiger charge is 2.08. The van der Waals surface area contributed by atoms with Crippen LogP contribution in [0.2, 0.25) is 0 Å². The largest absolute Gasteiger partial charge is 0.323 e. The number of nitrogens with two attached hydrogens (primary N) is 1. The van der Waals surface area contributed by atoms with E-state index in [1.54, 1.807) is 6.26 Å². The van der Waals surface area contributed by atoms with Crippen LogP contribution in [-0.4, -0.2) is 16.2 Å². The summed E-state index contributed by atoms with van der Waals surface area (Å²) in [6.07, 6.45) is 1.68. The van der Waals surface area contributed by atoms with Gasteiger partial charge in [-0.3, -0.25) is 4.21 Å². The molecule has 0 heterocycles. The summed E-state index contributed by atoms with van der Waals surface area (Å²) in [5.74, 6) is 1.07. The normalized spacial score (nSPS) is 15.3. The molecule has 2 unspecified atom stereocenters. The molecule has 1 aromatic carbocycles. The van der Waals surface area contributed by atoms with Gasteiger partial charge in [0, 0.05) is 28.9 Å². The van der Waals surface area contributed by atoms with Crippen molar-refractivity contribution in [1.82, 2.24) is 0 Å². The molecule has 15 heavy (non-hydrogen) atoms. The molecule has 2 nitrogen and oxygen atoms in total. The van der Waals surface area contributed by atoms with Gasteiger partial charge in [0.25, 0.3) is 0 Å². The molecule has 0 amide bonds. The zero-order valence-electron chi connectivity index (χ0n) is 9.57. The molecule has 0 spiro atoms. The Bertz CT molecular complexity index is 332. The minimum atomic E-state index is -0.835. The number of hydrogen-bond donors (Lipinski definition) is 1. The lowest BCUT2D eigenvalue weighted by Gasteiger charge is -2.12. The topological polar surface area (TPSA) is 43.1 Å². The van der Waals surface area contributed by atoms with E-state index in [2.05, 4.69) is 26.0 Å². The zero-order valence-corrected chi connectivity index (χ0v) is 10.4. The highest BCUT2D eigenvalue weighted by molar-refractivity contribution is 7.84. The highest BCUT2D eigenvalue weighted by atomic mass is 32.2. The summed E-state index contributed by atoms with van der Waals surface area (Å²) in [7, 11) is -0.835. The van der Waals surface area contributed by atoms with Gasteiger partial charge in [0.1, 0.15) is 0 Å². The Morgan fingerprint density at radius 2 is 1.67 bits per heavy atom. The van der Waals surface area contributed by atoms with E-state index in [1.807, 2.05) is 12.1 Å². The smallest absolute Gasteiger partial charge is 0.0425 e. The first-order valence-electron chi connectivity index (χ1n) is 5.16. The van der Waals surface area contributed by atoms with E-state index >= 15 is 0 Å². The van der Waals surface area contributed by atoms with E-state index in [-0.39, 0.29) is 6.04 Å². The molecule has 84 valence electrons. The summed E-state index contributed by atoms with van der Waals surface area (Å²) in [4.78, 5) is 0. The third-order valence-electron chi connectivity index (χ3n) is 2.45. The molecule has 0 radical (unpaired) electrons. The van der Waals surface area contributed by atoms with Crippen molar-refractivity contribution < 1.29 is 4.21 Å². The highest BCUT2D eigenvalue weighted by Crippen LogP contribution is 2.17.